The second kappa shape index (κ2) is 6.03. The lowest BCUT2D eigenvalue weighted by Gasteiger charge is -2.19. The number of nitrogens with one attached hydrogen (secondary N) is 2. The predicted octanol–water partition coefficient (Wildman–Crippen LogP) is 2.46. The number of carbonyl (C=O) groups excluding carboxylic acids is 2. The van der Waals surface area contributed by atoms with Gasteiger partial charge in [0, 0.05) is 3.57 Å². The Bertz CT molecular complexity index is 455. The van der Waals surface area contributed by atoms with Crippen LogP contribution in [0.1, 0.15) is 31.1 Å². The summed E-state index contributed by atoms with van der Waals surface area (Å²) in [7, 11) is 0. The maximum atomic E-state index is 11.7. The first-order valence-corrected chi connectivity index (χ1v) is 6.41. The van der Waals surface area contributed by atoms with Crippen molar-refractivity contribution in [3.63, 3.8) is 0 Å². The largest absolute Gasteiger partial charge is 0.443 e. The maximum Gasteiger partial charge on any atom is 0.426 e. The minimum absolute atomic E-state index is 0.383. The molecule has 6 heteroatoms. The van der Waals surface area contributed by atoms with E-state index in [9.17, 15) is 9.59 Å². The fraction of sp³-hybridized carbons (Fsp3) is 0.333. The molecule has 0 heterocycles. The smallest absolute Gasteiger partial charge is 0.426 e. The molecule has 0 fully saturated rings. The van der Waals surface area contributed by atoms with Gasteiger partial charge in [0.1, 0.15) is 5.60 Å². The van der Waals surface area contributed by atoms with E-state index < -0.39 is 11.7 Å². The van der Waals surface area contributed by atoms with Gasteiger partial charge in [-0.05, 0) is 55.5 Å². The second-order valence-electron chi connectivity index (χ2n) is 4.56. The zero-order valence-electron chi connectivity index (χ0n) is 10.4. The summed E-state index contributed by atoms with van der Waals surface area (Å²) in [4.78, 5) is 23.1. The van der Waals surface area contributed by atoms with E-state index in [0.29, 0.717) is 5.56 Å². The van der Waals surface area contributed by atoms with Crippen molar-refractivity contribution in [3.05, 3.63) is 33.4 Å². The summed E-state index contributed by atoms with van der Waals surface area (Å²) in [6, 6.07) is 7.07. The van der Waals surface area contributed by atoms with Crippen LogP contribution < -0.4 is 10.9 Å². The third-order valence-corrected chi connectivity index (χ3v) is 2.74. The van der Waals surface area contributed by atoms with Gasteiger partial charge in [-0.25, -0.2) is 10.2 Å². The Hall–Kier alpha value is -1.31. The van der Waals surface area contributed by atoms with Crippen LogP contribution in [0.3, 0.4) is 0 Å². The normalized spacial score (nSPS) is 10.7. The Morgan fingerprint density at radius 2 is 1.78 bits per heavy atom. The molecule has 0 saturated heterocycles. The SMILES string of the molecule is CC(C)(C)OC(=O)NNC(=O)c1ccccc1I. The van der Waals surface area contributed by atoms with Crippen LogP contribution in [0.15, 0.2) is 24.3 Å². The summed E-state index contributed by atoms with van der Waals surface area (Å²) in [5.41, 5.74) is 4.39. The van der Waals surface area contributed by atoms with E-state index in [-0.39, 0.29) is 5.91 Å². The van der Waals surface area contributed by atoms with Crippen molar-refractivity contribution in [2.45, 2.75) is 26.4 Å². The molecule has 0 aromatic heterocycles. The lowest BCUT2D eigenvalue weighted by Crippen LogP contribution is -2.44. The molecular formula is C12H15IN2O3. The first kappa shape index (κ1) is 14.7. The molecule has 0 aliphatic carbocycles. The number of benzene rings is 1. The maximum absolute atomic E-state index is 11.7. The molecule has 1 aromatic carbocycles. The van der Waals surface area contributed by atoms with Crippen LogP contribution in [0.2, 0.25) is 0 Å². The predicted molar refractivity (Wildman–Crippen MR) is 76.0 cm³/mol. The van der Waals surface area contributed by atoms with E-state index in [2.05, 4.69) is 10.9 Å². The summed E-state index contributed by atoms with van der Waals surface area (Å²) >= 11 is 2.05. The average molecular weight is 362 g/mol. The lowest BCUT2D eigenvalue weighted by molar-refractivity contribution is 0.0483. The van der Waals surface area contributed by atoms with Crippen molar-refractivity contribution < 1.29 is 14.3 Å². The lowest BCUT2D eigenvalue weighted by atomic mass is 10.2. The van der Waals surface area contributed by atoms with Crippen LogP contribution in [0.25, 0.3) is 0 Å². The van der Waals surface area contributed by atoms with E-state index in [4.69, 9.17) is 4.74 Å². The average Bonchev–Trinajstić information content (AvgIpc) is 2.24. The first-order chi connectivity index (χ1) is 8.29. The number of carbonyl (C=O) groups is 2. The van der Waals surface area contributed by atoms with E-state index in [0.717, 1.165) is 3.57 Å². The van der Waals surface area contributed by atoms with Gasteiger partial charge in [0.25, 0.3) is 5.91 Å². The minimum Gasteiger partial charge on any atom is -0.443 e. The van der Waals surface area contributed by atoms with Gasteiger partial charge in [0.15, 0.2) is 0 Å². The molecule has 98 valence electrons. The molecule has 0 radical (unpaired) electrons. The van der Waals surface area contributed by atoms with Crippen LogP contribution >= 0.6 is 22.6 Å². The van der Waals surface area contributed by atoms with Gasteiger partial charge in [-0.15, -0.1) is 0 Å². The van der Waals surface area contributed by atoms with Crippen molar-refractivity contribution in [2.24, 2.45) is 0 Å². The summed E-state index contributed by atoms with van der Waals surface area (Å²) in [6.07, 6.45) is -0.693. The van der Waals surface area contributed by atoms with Crippen LogP contribution in [-0.2, 0) is 4.74 Å². The molecule has 0 aliphatic heterocycles. The number of amides is 2. The molecule has 0 unspecified atom stereocenters. The van der Waals surface area contributed by atoms with Crippen molar-refractivity contribution in [3.8, 4) is 0 Å². The van der Waals surface area contributed by atoms with E-state index in [1.54, 1.807) is 32.9 Å². The number of hydrazine groups is 1. The van der Waals surface area contributed by atoms with Gasteiger partial charge in [-0.3, -0.25) is 10.2 Å². The Balaban J connectivity index is 2.52. The first-order valence-electron chi connectivity index (χ1n) is 5.33. The Labute approximate surface area is 119 Å². The molecule has 2 amide bonds. The van der Waals surface area contributed by atoms with Crippen LogP contribution in [0, 0.1) is 3.57 Å². The van der Waals surface area contributed by atoms with Gasteiger partial charge in [-0.1, -0.05) is 12.1 Å². The zero-order valence-corrected chi connectivity index (χ0v) is 12.6. The monoisotopic (exact) mass is 362 g/mol. The Morgan fingerprint density at radius 3 is 2.33 bits per heavy atom. The zero-order chi connectivity index (χ0) is 13.8. The molecule has 5 nitrogen and oxygen atoms in total. The van der Waals surface area contributed by atoms with E-state index in [1.807, 2.05) is 34.7 Å². The number of halogens is 1. The van der Waals surface area contributed by atoms with Crippen LogP contribution in [0.4, 0.5) is 4.79 Å². The summed E-state index contributed by atoms with van der Waals surface area (Å²) in [6.45, 7) is 5.23. The Morgan fingerprint density at radius 1 is 1.17 bits per heavy atom. The van der Waals surface area contributed by atoms with Crippen molar-refractivity contribution in [2.75, 3.05) is 0 Å². The van der Waals surface area contributed by atoms with Gasteiger partial charge < -0.3 is 4.74 Å². The van der Waals surface area contributed by atoms with E-state index >= 15 is 0 Å². The standard InChI is InChI=1S/C12H15IN2O3/c1-12(2,3)18-11(17)15-14-10(16)8-6-4-5-7-9(8)13/h4-7H,1-3H3,(H,14,16)(H,15,17). The van der Waals surface area contributed by atoms with Gasteiger partial charge in [-0.2, -0.15) is 0 Å². The highest BCUT2D eigenvalue weighted by molar-refractivity contribution is 14.1. The number of hydrogen-bond acceptors (Lipinski definition) is 3. The highest BCUT2D eigenvalue weighted by atomic mass is 127. The van der Waals surface area contributed by atoms with Crippen LogP contribution in [0.5, 0.6) is 0 Å². The molecule has 1 rings (SSSR count). The van der Waals surface area contributed by atoms with E-state index in [1.165, 1.54) is 0 Å². The van der Waals surface area contributed by atoms with Gasteiger partial charge in [0.05, 0.1) is 5.56 Å². The topological polar surface area (TPSA) is 67.4 Å². The van der Waals surface area contributed by atoms with Crippen LogP contribution in [-0.4, -0.2) is 17.6 Å². The quantitative estimate of drug-likeness (QED) is 0.596. The molecule has 0 spiro atoms. The third kappa shape index (κ3) is 4.91. The molecule has 0 aliphatic rings. The number of hydrogen-bond donors (Lipinski definition) is 2. The Kier molecular flexibility index (Phi) is 4.94. The fourth-order valence-corrected chi connectivity index (χ4v) is 1.76. The number of rotatable bonds is 1. The third-order valence-electron chi connectivity index (χ3n) is 1.80. The second-order valence-corrected chi connectivity index (χ2v) is 5.72. The number of ether oxygens (including phenoxy) is 1. The molecule has 2 N–H and O–H groups in total. The van der Waals surface area contributed by atoms with Crippen molar-refractivity contribution in [1.82, 2.24) is 10.9 Å². The van der Waals surface area contributed by atoms with Crippen molar-refractivity contribution >= 4 is 34.6 Å². The van der Waals surface area contributed by atoms with Crippen molar-refractivity contribution in [1.29, 1.82) is 0 Å². The summed E-state index contributed by atoms with van der Waals surface area (Å²) in [5, 5.41) is 0. The minimum atomic E-state index is -0.693. The van der Waals surface area contributed by atoms with Gasteiger partial charge >= 0.3 is 6.09 Å². The molecular weight excluding hydrogens is 347 g/mol. The highest BCUT2D eigenvalue weighted by Gasteiger charge is 2.17. The molecule has 0 bridgehead atoms. The summed E-state index contributed by atoms with van der Waals surface area (Å²) < 4.78 is 5.79. The molecule has 1 aromatic rings. The molecule has 0 saturated carbocycles. The molecule has 18 heavy (non-hydrogen) atoms. The fourth-order valence-electron chi connectivity index (χ4n) is 1.12. The molecule has 0 atom stereocenters. The summed E-state index contributed by atoms with van der Waals surface area (Å²) in [5.74, 6) is -0.383. The highest BCUT2D eigenvalue weighted by Crippen LogP contribution is 2.10. The van der Waals surface area contributed by atoms with Gasteiger partial charge in [0.2, 0.25) is 0 Å².